The molecule has 10 heteroatoms. The van der Waals surface area contributed by atoms with Gasteiger partial charge in [-0.2, -0.15) is 9.61 Å². The number of nitrogens with one attached hydrogen (secondary N) is 1. The number of fused-ring (bicyclic) bond motifs is 3. The van der Waals surface area contributed by atoms with Crippen molar-refractivity contribution in [2.45, 2.75) is 76.3 Å². The fraction of sp³-hybridized carbons (Fsp3) is 0.464. The molecule has 0 aromatic carbocycles. The molecule has 2 saturated heterocycles. The topological polar surface area (TPSA) is 138 Å². The quantitative estimate of drug-likeness (QED) is 0.372. The third kappa shape index (κ3) is 3.61. The van der Waals surface area contributed by atoms with Gasteiger partial charge in [0.1, 0.15) is 18.1 Å². The summed E-state index contributed by atoms with van der Waals surface area (Å²) in [5, 5.41) is 14.1. The number of rotatable bonds is 5. The minimum absolute atomic E-state index is 0.153. The highest BCUT2D eigenvalue weighted by molar-refractivity contribution is 5.80. The van der Waals surface area contributed by atoms with Gasteiger partial charge in [-0.05, 0) is 64.4 Å². The van der Waals surface area contributed by atoms with Crippen molar-refractivity contribution in [3.05, 3.63) is 47.2 Å². The van der Waals surface area contributed by atoms with Gasteiger partial charge < -0.3 is 20.7 Å². The number of carbonyl (C=O) groups excluding carboxylic acids is 1. The lowest BCUT2D eigenvalue weighted by molar-refractivity contribution is -0.138. The summed E-state index contributed by atoms with van der Waals surface area (Å²) in [6.45, 7) is 3.56. The van der Waals surface area contributed by atoms with E-state index < -0.39 is 6.61 Å². The van der Waals surface area contributed by atoms with Gasteiger partial charge in [-0.1, -0.05) is 6.07 Å². The molecule has 0 radical (unpaired) electrons. The zero-order valence-corrected chi connectivity index (χ0v) is 21.7. The molecule has 4 aromatic heterocycles. The van der Waals surface area contributed by atoms with E-state index in [1.165, 1.54) is 0 Å². The molecule has 10 nitrogen and oxygen atoms in total. The Bertz CT molecular complexity index is 1520. The van der Waals surface area contributed by atoms with Crippen LogP contribution in [0.4, 0.5) is 5.82 Å². The van der Waals surface area contributed by atoms with Crippen LogP contribution in [0.1, 0.15) is 73.0 Å². The first-order valence-electron chi connectivity index (χ1n) is 13.5. The minimum Gasteiger partial charge on any atom is -0.387 e. The predicted molar refractivity (Wildman–Crippen MR) is 142 cm³/mol. The van der Waals surface area contributed by atoms with Crippen LogP contribution in [0.15, 0.2) is 24.5 Å². The van der Waals surface area contributed by atoms with Crippen LogP contribution in [0, 0.1) is 13.8 Å². The SMILES string of the molecule is Cc1nc(-c2ccc(-c3cnn4c(N)c(C5CC5)c([C@H]5C[C@H]6CC[C@@H](C5)N6C(=O)CO)nc34)cn2)[nH]c1C. The molecule has 1 amide bonds. The molecule has 2 bridgehead atoms. The number of aryl methyl sites for hydroxylation is 2. The Labute approximate surface area is 220 Å². The lowest BCUT2D eigenvalue weighted by Crippen LogP contribution is -2.47. The molecule has 6 heterocycles. The van der Waals surface area contributed by atoms with Gasteiger partial charge in [-0.15, -0.1) is 0 Å². The largest absolute Gasteiger partial charge is 0.387 e. The number of hydrogen-bond acceptors (Lipinski definition) is 7. The van der Waals surface area contributed by atoms with Crippen molar-refractivity contribution in [1.82, 2.24) is 34.4 Å². The van der Waals surface area contributed by atoms with Gasteiger partial charge >= 0.3 is 0 Å². The van der Waals surface area contributed by atoms with Crippen LogP contribution < -0.4 is 5.73 Å². The van der Waals surface area contributed by atoms with E-state index in [-0.39, 0.29) is 23.9 Å². The summed E-state index contributed by atoms with van der Waals surface area (Å²) < 4.78 is 1.78. The zero-order chi connectivity index (χ0) is 26.1. The van der Waals surface area contributed by atoms with E-state index >= 15 is 0 Å². The number of H-pyrrole nitrogens is 1. The van der Waals surface area contributed by atoms with E-state index in [1.807, 2.05) is 43.3 Å². The first-order valence-corrected chi connectivity index (χ1v) is 13.5. The molecule has 196 valence electrons. The number of aromatic nitrogens is 6. The maximum atomic E-state index is 12.4. The molecule has 7 rings (SSSR count). The number of nitrogens with zero attached hydrogens (tertiary/aromatic N) is 6. The Kier molecular flexibility index (Phi) is 5.30. The molecule has 3 atom stereocenters. The van der Waals surface area contributed by atoms with Crippen LogP contribution in [0.3, 0.4) is 0 Å². The molecule has 3 aliphatic rings. The average molecular weight is 513 g/mol. The first-order chi connectivity index (χ1) is 18.4. The standard InChI is InChI=1S/C28H32N8O2/c1-14-15(2)33-27(32-14)22-8-5-17(11-30-22)21-12-31-36-26(29)24(16-3-4-16)25(34-28(21)36)18-9-19-6-7-20(10-18)35(19)23(38)13-37/h5,8,11-12,16,18-20,37H,3-4,6-7,9-10,13,29H2,1-2H3,(H,32,33)/t18-,19+,20-. The minimum atomic E-state index is -0.423. The summed E-state index contributed by atoms with van der Waals surface area (Å²) >= 11 is 0. The Balaban J connectivity index is 1.27. The molecule has 4 N–H and O–H groups in total. The van der Waals surface area contributed by atoms with Gasteiger partial charge in [-0.3, -0.25) is 9.78 Å². The number of pyridine rings is 1. The number of anilines is 1. The molecule has 4 aromatic rings. The van der Waals surface area contributed by atoms with Crippen molar-refractivity contribution in [2.75, 3.05) is 12.3 Å². The van der Waals surface area contributed by atoms with Crippen molar-refractivity contribution < 1.29 is 9.90 Å². The highest BCUT2D eigenvalue weighted by Gasteiger charge is 2.45. The third-order valence-corrected chi connectivity index (χ3v) is 8.72. The average Bonchev–Trinajstić information content (AvgIpc) is 3.49. The lowest BCUT2D eigenvalue weighted by atomic mass is 9.85. The fourth-order valence-corrected chi connectivity index (χ4v) is 6.60. The van der Waals surface area contributed by atoms with E-state index in [4.69, 9.17) is 10.7 Å². The molecule has 1 saturated carbocycles. The van der Waals surface area contributed by atoms with Crippen LogP contribution in [-0.4, -0.2) is 64.2 Å². The number of aliphatic hydroxyl groups is 1. The number of aliphatic hydroxyl groups excluding tert-OH is 1. The van der Waals surface area contributed by atoms with E-state index in [0.29, 0.717) is 11.7 Å². The van der Waals surface area contributed by atoms with E-state index in [9.17, 15) is 9.90 Å². The van der Waals surface area contributed by atoms with Gasteiger partial charge in [0.05, 0.1) is 17.6 Å². The first kappa shape index (κ1) is 23.3. The van der Waals surface area contributed by atoms with Crippen molar-refractivity contribution in [3.8, 4) is 22.6 Å². The van der Waals surface area contributed by atoms with E-state index in [1.54, 1.807) is 4.52 Å². The maximum absolute atomic E-state index is 12.4. The Morgan fingerprint density at radius 2 is 1.84 bits per heavy atom. The molecular weight excluding hydrogens is 480 g/mol. The second-order valence-corrected chi connectivity index (χ2v) is 11.1. The van der Waals surface area contributed by atoms with Gasteiger partial charge in [0, 0.05) is 46.6 Å². The number of nitrogen functional groups attached to an aromatic ring is 1. The van der Waals surface area contributed by atoms with Crippen LogP contribution in [0.2, 0.25) is 0 Å². The molecule has 2 aliphatic heterocycles. The second-order valence-electron chi connectivity index (χ2n) is 11.1. The number of carbonyl (C=O) groups is 1. The van der Waals surface area contributed by atoms with Crippen LogP contribution >= 0.6 is 0 Å². The van der Waals surface area contributed by atoms with Crippen molar-refractivity contribution in [2.24, 2.45) is 0 Å². The molecule has 0 spiro atoms. The summed E-state index contributed by atoms with van der Waals surface area (Å²) in [4.78, 5) is 32.1. The highest BCUT2D eigenvalue weighted by atomic mass is 16.3. The van der Waals surface area contributed by atoms with Gasteiger partial charge in [-0.25, -0.2) is 9.97 Å². The number of amides is 1. The third-order valence-electron chi connectivity index (χ3n) is 8.72. The molecule has 3 fully saturated rings. The van der Waals surface area contributed by atoms with E-state index in [0.717, 1.165) is 89.5 Å². The van der Waals surface area contributed by atoms with E-state index in [2.05, 4.69) is 20.1 Å². The summed E-state index contributed by atoms with van der Waals surface area (Å²) in [5.74, 6) is 1.92. The zero-order valence-electron chi connectivity index (χ0n) is 21.7. The summed E-state index contributed by atoms with van der Waals surface area (Å²) in [7, 11) is 0. The van der Waals surface area contributed by atoms with Crippen molar-refractivity contribution in [1.29, 1.82) is 0 Å². The second kappa shape index (κ2) is 8.62. The Hall–Kier alpha value is -3.79. The number of hydrogen-bond donors (Lipinski definition) is 3. The highest BCUT2D eigenvalue weighted by Crippen LogP contribution is 2.50. The lowest BCUT2D eigenvalue weighted by Gasteiger charge is -2.39. The predicted octanol–water partition coefficient (Wildman–Crippen LogP) is 3.49. The van der Waals surface area contributed by atoms with Crippen molar-refractivity contribution in [3.63, 3.8) is 0 Å². The number of aromatic amines is 1. The number of imidazole rings is 1. The monoisotopic (exact) mass is 512 g/mol. The maximum Gasteiger partial charge on any atom is 0.248 e. The number of nitrogens with two attached hydrogens (primary N) is 1. The van der Waals surface area contributed by atoms with Crippen molar-refractivity contribution >= 4 is 17.4 Å². The molecule has 1 aliphatic carbocycles. The number of piperidine rings is 1. The fourth-order valence-electron chi connectivity index (χ4n) is 6.60. The molecule has 0 unspecified atom stereocenters. The van der Waals surface area contributed by atoms with Crippen LogP contribution in [0.25, 0.3) is 28.3 Å². The summed E-state index contributed by atoms with van der Waals surface area (Å²) in [6.07, 6.45) is 9.56. The molecule has 38 heavy (non-hydrogen) atoms. The molecular formula is C28H32N8O2. The Morgan fingerprint density at radius 3 is 2.45 bits per heavy atom. The Morgan fingerprint density at radius 1 is 1.08 bits per heavy atom. The summed E-state index contributed by atoms with van der Waals surface area (Å²) in [6, 6.07) is 4.29. The van der Waals surface area contributed by atoms with Gasteiger partial charge in [0.15, 0.2) is 11.5 Å². The smallest absolute Gasteiger partial charge is 0.248 e. The van der Waals surface area contributed by atoms with Crippen LogP contribution in [0.5, 0.6) is 0 Å². The normalized spacial score (nSPS) is 22.9. The van der Waals surface area contributed by atoms with Gasteiger partial charge in [0.2, 0.25) is 5.91 Å². The van der Waals surface area contributed by atoms with Gasteiger partial charge in [0.25, 0.3) is 0 Å². The van der Waals surface area contributed by atoms with Crippen LogP contribution in [-0.2, 0) is 4.79 Å². The summed E-state index contributed by atoms with van der Waals surface area (Å²) in [5.41, 5.74) is 14.3.